The van der Waals surface area contributed by atoms with Crippen LogP contribution < -0.4 is 16.4 Å². The largest absolute Gasteiger partial charge is 0.383 e. The van der Waals surface area contributed by atoms with Crippen LogP contribution in [0.1, 0.15) is 12.8 Å². The zero-order chi connectivity index (χ0) is 21.9. The highest BCUT2D eigenvalue weighted by Crippen LogP contribution is 2.33. The Bertz CT molecular complexity index is 1340. The number of rotatable bonds is 5. The average Bonchev–Trinajstić information content (AvgIpc) is 3.46. The van der Waals surface area contributed by atoms with E-state index in [-0.39, 0.29) is 6.03 Å². The van der Waals surface area contributed by atoms with Crippen molar-refractivity contribution in [3.05, 3.63) is 71.2 Å². The van der Waals surface area contributed by atoms with Gasteiger partial charge in [0.2, 0.25) is 0 Å². The molecule has 0 radical (unpaired) electrons. The van der Waals surface area contributed by atoms with Crippen LogP contribution in [0.4, 0.5) is 16.3 Å². The summed E-state index contributed by atoms with van der Waals surface area (Å²) >= 11 is 1.54. The second kappa shape index (κ2) is 8.64. The van der Waals surface area contributed by atoms with Crippen molar-refractivity contribution in [1.82, 2.24) is 24.8 Å². The van der Waals surface area contributed by atoms with Gasteiger partial charge in [0.05, 0.1) is 11.3 Å². The first-order valence-electron chi connectivity index (χ1n) is 10.2. The van der Waals surface area contributed by atoms with Gasteiger partial charge in [0.1, 0.15) is 17.2 Å². The lowest BCUT2D eigenvalue weighted by Gasteiger charge is -2.18. The number of anilines is 2. The van der Waals surface area contributed by atoms with Gasteiger partial charge in [-0.15, -0.1) is 0 Å². The Balaban J connectivity index is 1.40. The van der Waals surface area contributed by atoms with Gasteiger partial charge in [-0.05, 0) is 54.6 Å². The molecule has 0 aromatic carbocycles. The normalized spacial score (nSPS) is 13.5. The quantitative estimate of drug-likeness (QED) is 0.420. The van der Waals surface area contributed by atoms with E-state index in [4.69, 9.17) is 10.7 Å². The Labute approximate surface area is 188 Å². The minimum absolute atomic E-state index is 0.210. The summed E-state index contributed by atoms with van der Waals surface area (Å²) in [6.07, 6.45) is 9.14. The molecule has 0 saturated carbocycles. The van der Waals surface area contributed by atoms with Crippen molar-refractivity contribution in [2.75, 3.05) is 17.6 Å². The number of hydrogen-bond donors (Lipinski definition) is 3. The molecular weight excluding hydrogens is 422 g/mol. The first kappa shape index (κ1) is 20.0. The number of nitrogens with one attached hydrogen (secondary N) is 2. The summed E-state index contributed by atoms with van der Waals surface area (Å²) in [5, 5.41) is 9.56. The highest BCUT2D eigenvalue weighted by molar-refractivity contribution is 7.08. The molecular formula is C23H21N7OS. The van der Waals surface area contributed by atoms with Crippen molar-refractivity contribution < 1.29 is 4.79 Å². The molecule has 32 heavy (non-hydrogen) atoms. The minimum atomic E-state index is -0.210. The molecule has 8 nitrogen and oxygen atoms in total. The van der Waals surface area contributed by atoms with Crippen molar-refractivity contribution in [2.24, 2.45) is 0 Å². The fourth-order valence-electron chi connectivity index (χ4n) is 3.68. The van der Waals surface area contributed by atoms with Crippen molar-refractivity contribution >= 4 is 45.7 Å². The smallest absolute Gasteiger partial charge is 0.319 e. The SMILES string of the molecule is Nc1ncccc1-c1nc2cccnc2n1C1=CC=C(CNC(=O)Nc2ccsc2)CC1. The standard InChI is InChI=1S/C23H21N7OS/c24-20-18(3-1-10-25-20)21-29-19-4-2-11-26-22(19)30(21)17-7-5-15(6-8-17)13-27-23(31)28-16-9-12-32-14-16/h1-5,7,9-12,14H,6,8,13H2,(H2,24,25)(H2,27,28,31). The summed E-state index contributed by atoms with van der Waals surface area (Å²) in [7, 11) is 0. The minimum Gasteiger partial charge on any atom is -0.383 e. The van der Waals surface area contributed by atoms with Gasteiger partial charge in [-0.25, -0.2) is 19.7 Å². The number of nitrogens with zero attached hydrogens (tertiary/aromatic N) is 4. The lowest BCUT2D eigenvalue weighted by Crippen LogP contribution is -2.30. The van der Waals surface area contributed by atoms with Crippen molar-refractivity contribution in [1.29, 1.82) is 0 Å². The monoisotopic (exact) mass is 443 g/mol. The fourth-order valence-corrected chi connectivity index (χ4v) is 4.27. The van der Waals surface area contributed by atoms with Gasteiger partial charge in [0.15, 0.2) is 5.65 Å². The van der Waals surface area contributed by atoms with Crippen LogP contribution in [0.2, 0.25) is 0 Å². The van der Waals surface area contributed by atoms with Crippen molar-refractivity contribution in [3.8, 4) is 11.4 Å². The van der Waals surface area contributed by atoms with Crippen LogP contribution in [0.3, 0.4) is 0 Å². The Morgan fingerprint density at radius 3 is 2.78 bits per heavy atom. The van der Waals surface area contributed by atoms with E-state index in [1.807, 2.05) is 45.7 Å². The molecule has 4 heterocycles. The number of allylic oxidation sites excluding steroid dienone is 3. The van der Waals surface area contributed by atoms with E-state index >= 15 is 0 Å². The number of aromatic nitrogens is 4. The predicted octanol–water partition coefficient (Wildman–Crippen LogP) is 4.52. The molecule has 4 N–H and O–H groups in total. The van der Waals surface area contributed by atoms with Gasteiger partial charge < -0.3 is 16.4 Å². The number of fused-ring (bicyclic) bond motifs is 1. The second-order valence-electron chi connectivity index (χ2n) is 7.36. The Hall–Kier alpha value is -3.98. The van der Waals surface area contributed by atoms with E-state index in [0.717, 1.165) is 52.4 Å². The number of nitrogens with two attached hydrogens (primary N) is 1. The Kier molecular flexibility index (Phi) is 5.39. The average molecular weight is 444 g/mol. The maximum Gasteiger partial charge on any atom is 0.319 e. The summed E-state index contributed by atoms with van der Waals surface area (Å²) < 4.78 is 2.05. The van der Waals surface area contributed by atoms with Crippen LogP contribution in [-0.2, 0) is 0 Å². The van der Waals surface area contributed by atoms with Crippen LogP contribution in [0.15, 0.2) is 71.2 Å². The van der Waals surface area contributed by atoms with Gasteiger partial charge in [0, 0.05) is 30.0 Å². The third-order valence-electron chi connectivity index (χ3n) is 5.25. The molecule has 0 saturated heterocycles. The maximum atomic E-state index is 12.1. The van der Waals surface area contributed by atoms with E-state index in [0.29, 0.717) is 12.4 Å². The highest BCUT2D eigenvalue weighted by atomic mass is 32.1. The zero-order valence-electron chi connectivity index (χ0n) is 17.2. The van der Waals surface area contributed by atoms with Crippen LogP contribution in [0, 0.1) is 0 Å². The summed E-state index contributed by atoms with van der Waals surface area (Å²) in [5.41, 5.74) is 11.5. The second-order valence-corrected chi connectivity index (χ2v) is 8.14. The lowest BCUT2D eigenvalue weighted by atomic mass is 10.0. The zero-order valence-corrected chi connectivity index (χ0v) is 18.0. The first-order chi connectivity index (χ1) is 15.7. The topological polar surface area (TPSA) is 111 Å². The molecule has 2 amide bonds. The number of carbonyl (C=O) groups excluding carboxylic acids is 1. The summed E-state index contributed by atoms with van der Waals surface area (Å²) in [4.78, 5) is 25.7. The van der Waals surface area contributed by atoms with Crippen LogP contribution in [0.5, 0.6) is 0 Å². The number of amides is 2. The van der Waals surface area contributed by atoms with Crippen LogP contribution in [-0.4, -0.2) is 32.1 Å². The number of hydrogen-bond acceptors (Lipinski definition) is 6. The number of imidazole rings is 1. The van der Waals surface area contributed by atoms with Gasteiger partial charge >= 0.3 is 6.03 Å². The molecule has 0 unspecified atom stereocenters. The van der Waals surface area contributed by atoms with Gasteiger partial charge in [0.25, 0.3) is 0 Å². The van der Waals surface area contributed by atoms with Gasteiger partial charge in [-0.3, -0.25) is 4.57 Å². The Morgan fingerprint density at radius 2 is 2.00 bits per heavy atom. The summed E-state index contributed by atoms with van der Waals surface area (Å²) in [5.74, 6) is 1.15. The number of carbonyl (C=O) groups is 1. The lowest BCUT2D eigenvalue weighted by molar-refractivity contribution is 0.253. The number of thiophene rings is 1. The Morgan fingerprint density at radius 1 is 1.12 bits per heavy atom. The van der Waals surface area contributed by atoms with E-state index in [1.165, 1.54) is 0 Å². The molecule has 1 aliphatic carbocycles. The third kappa shape index (κ3) is 3.97. The van der Waals surface area contributed by atoms with E-state index < -0.39 is 0 Å². The van der Waals surface area contributed by atoms with Gasteiger partial charge in [-0.2, -0.15) is 11.3 Å². The fraction of sp³-hybridized carbons (Fsp3) is 0.130. The third-order valence-corrected chi connectivity index (χ3v) is 5.93. The van der Waals surface area contributed by atoms with Crippen molar-refractivity contribution in [2.45, 2.75) is 12.8 Å². The molecule has 0 fully saturated rings. The first-order valence-corrected chi connectivity index (χ1v) is 11.1. The predicted molar refractivity (Wildman–Crippen MR) is 128 cm³/mol. The highest BCUT2D eigenvalue weighted by Gasteiger charge is 2.20. The molecule has 160 valence electrons. The number of urea groups is 1. The maximum absolute atomic E-state index is 12.1. The van der Waals surface area contributed by atoms with E-state index in [9.17, 15) is 4.79 Å². The van der Waals surface area contributed by atoms with Gasteiger partial charge in [-0.1, -0.05) is 11.6 Å². The van der Waals surface area contributed by atoms with E-state index in [2.05, 4.69) is 32.8 Å². The van der Waals surface area contributed by atoms with Crippen LogP contribution >= 0.6 is 11.3 Å². The molecule has 5 rings (SSSR count). The molecule has 4 aromatic heterocycles. The number of nitrogen functional groups attached to an aromatic ring is 1. The van der Waals surface area contributed by atoms with Crippen molar-refractivity contribution in [3.63, 3.8) is 0 Å². The molecule has 4 aromatic rings. The summed E-state index contributed by atoms with van der Waals surface area (Å²) in [6, 6.07) is 9.24. The number of pyridine rings is 2. The molecule has 0 bridgehead atoms. The molecule has 0 spiro atoms. The molecule has 0 atom stereocenters. The van der Waals surface area contributed by atoms with Crippen LogP contribution in [0.25, 0.3) is 28.2 Å². The molecule has 0 aliphatic heterocycles. The summed E-state index contributed by atoms with van der Waals surface area (Å²) in [6.45, 7) is 0.491. The van der Waals surface area contributed by atoms with E-state index in [1.54, 1.807) is 23.7 Å². The molecule has 9 heteroatoms. The molecule has 1 aliphatic rings.